The highest BCUT2D eigenvalue weighted by Crippen LogP contribution is 2.62. The molecular weight excluding hydrogens is 466 g/mol. The number of aliphatic hydroxyl groups excluding tert-OH is 1. The van der Waals surface area contributed by atoms with E-state index in [1.807, 2.05) is 30.3 Å². The first-order chi connectivity index (χ1) is 17.8. The fraction of sp³-hybridized carbons (Fsp3) is 0.581. The first kappa shape index (κ1) is 26.2. The third-order valence-corrected chi connectivity index (χ3v) is 9.53. The van der Waals surface area contributed by atoms with Crippen molar-refractivity contribution >= 4 is 5.91 Å². The smallest absolute Gasteiger partial charge is 0.220 e. The van der Waals surface area contributed by atoms with Crippen molar-refractivity contribution in [2.45, 2.75) is 77.4 Å². The predicted molar refractivity (Wildman–Crippen MR) is 142 cm³/mol. The highest BCUT2D eigenvalue weighted by molar-refractivity contribution is 5.76. The van der Waals surface area contributed by atoms with Gasteiger partial charge in [0.25, 0.3) is 0 Å². The lowest BCUT2D eigenvalue weighted by molar-refractivity contribution is -0.308. The van der Waals surface area contributed by atoms with E-state index in [0.717, 1.165) is 37.0 Å². The number of hydrogen-bond donors (Lipinski definition) is 2. The molecule has 37 heavy (non-hydrogen) atoms. The topological polar surface area (TPSA) is 77.0 Å². The molecule has 0 aromatic heterocycles. The quantitative estimate of drug-likeness (QED) is 0.559. The fourth-order valence-corrected chi connectivity index (χ4v) is 7.42. The van der Waals surface area contributed by atoms with Gasteiger partial charge in [-0.2, -0.15) is 0 Å². The van der Waals surface area contributed by atoms with E-state index in [1.165, 1.54) is 5.56 Å². The highest BCUT2D eigenvalue weighted by atomic mass is 16.7. The summed E-state index contributed by atoms with van der Waals surface area (Å²) < 4.78 is 18.1. The van der Waals surface area contributed by atoms with Crippen molar-refractivity contribution in [3.05, 3.63) is 65.7 Å². The number of benzene rings is 2. The van der Waals surface area contributed by atoms with Crippen LogP contribution in [-0.2, 0) is 27.2 Å². The number of nitrogens with one attached hydrogen (secondary N) is 1. The van der Waals surface area contributed by atoms with Gasteiger partial charge in [0.2, 0.25) is 5.91 Å². The number of aliphatic hydroxyl groups is 1. The van der Waals surface area contributed by atoms with Crippen LogP contribution in [0.2, 0.25) is 0 Å². The molecule has 0 bridgehead atoms. The van der Waals surface area contributed by atoms with Crippen LogP contribution in [0.4, 0.5) is 0 Å². The fourth-order valence-electron chi connectivity index (χ4n) is 7.42. The van der Waals surface area contributed by atoms with E-state index in [9.17, 15) is 9.90 Å². The van der Waals surface area contributed by atoms with E-state index in [0.29, 0.717) is 31.9 Å². The van der Waals surface area contributed by atoms with Crippen LogP contribution in [0.5, 0.6) is 5.75 Å². The molecule has 1 saturated heterocycles. The first-order valence-electron chi connectivity index (χ1n) is 13.7. The average Bonchev–Trinajstić information content (AvgIpc) is 2.90. The Morgan fingerprint density at radius 3 is 2.51 bits per heavy atom. The second kappa shape index (κ2) is 10.8. The van der Waals surface area contributed by atoms with Crippen molar-refractivity contribution in [1.82, 2.24) is 5.32 Å². The molecular formula is C31H41NO5. The molecule has 200 valence electrons. The summed E-state index contributed by atoms with van der Waals surface area (Å²) in [4.78, 5) is 13.1. The normalized spacial score (nSPS) is 35.2. The number of methoxy groups -OCH3 is 1. The van der Waals surface area contributed by atoms with E-state index in [-0.39, 0.29) is 35.0 Å². The third-order valence-electron chi connectivity index (χ3n) is 9.53. The van der Waals surface area contributed by atoms with Crippen molar-refractivity contribution < 1.29 is 24.1 Å². The molecule has 5 rings (SSSR count). The molecule has 2 aromatic rings. The van der Waals surface area contributed by atoms with Crippen LogP contribution in [0.1, 0.15) is 57.1 Å². The minimum atomic E-state index is -0.468. The van der Waals surface area contributed by atoms with Crippen LogP contribution < -0.4 is 10.1 Å². The summed E-state index contributed by atoms with van der Waals surface area (Å²) in [6, 6.07) is 18.1. The average molecular weight is 508 g/mol. The van der Waals surface area contributed by atoms with Gasteiger partial charge in [-0.05, 0) is 66.2 Å². The van der Waals surface area contributed by atoms with Gasteiger partial charge in [0.15, 0.2) is 6.29 Å². The lowest BCUT2D eigenvalue weighted by Crippen LogP contribution is -2.63. The molecule has 2 aromatic carbocycles. The zero-order chi connectivity index (χ0) is 26.0. The Kier molecular flexibility index (Phi) is 7.62. The van der Waals surface area contributed by atoms with Crippen LogP contribution in [-0.4, -0.2) is 43.2 Å². The molecule has 2 N–H and O–H groups in total. The zero-order valence-electron chi connectivity index (χ0n) is 22.3. The maximum Gasteiger partial charge on any atom is 0.220 e. The number of carbonyl (C=O) groups excluding carboxylic acids is 1. The van der Waals surface area contributed by atoms with Crippen LogP contribution in [0.3, 0.4) is 0 Å². The Morgan fingerprint density at radius 2 is 1.78 bits per heavy atom. The van der Waals surface area contributed by atoms with E-state index < -0.39 is 6.10 Å². The standard InChI is InChI=1S/C31H41NO5/c1-30-16-15-27-31(2,20-36-29(37-27)17-21-7-5-4-6-8-21)26(30)14-13-25(33)24(30)18-28(34)32-19-22-9-11-23(35-3)12-10-22/h4-12,24-27,29,33H,13-20H2,1-3H3,(H,32,34)/t24-,25-,26?,27-,29-,30+,31+/m1/s1. The van der Waals surface area contributed by atoms with Crippen molar-refractivity contribution in [2.75, 3.05) is 13.7 Å². The van der Waals surface area contributed by atoms with Gasteiger partial charge in [-0.15, -0.1) is 0 Å². The Morgan fingerprint density at radius 1 is 1.03 bits per heavy atom. The molecule has 3 fully saturated rings. The Bertz CT molecular complexity index is 1060. The summed E-state index contributed by atoms with van der Waals surface area (Å²) in [7, 11) is 1.64. The van der Waals surface area contributed by atoms with Gasteiger partial charge < -0.3 is 24.6 Å². The van der Waals surface area contributed by atoms with E-state index in [1.54, 1.807) is 7.11 Å². The first-order valence-corrected chi connectivity index (χ1v) is 13.7. The van der Waals surface area contributed by atoms with Gasteiger partial charge >= 0.3 is 0 Å². The summed E-state index contributed by atoms with van der Waals surface area (Å²) in [5.74, 6) is 1.04. The molecule has 6 heteroatoms. The lowest BCUT2D eigenvalue weighted by Gasteiger charge is -2.63. The maximum atomic E-state index is 13.1. The summed E-state index contributed by atoms with van der Waals surface area (Å²) in [6.07, 6.45) is 4.06. The van der Waals surface area contributed by atoms with E-state index >= 15 is 0 Å². The van der Waals surface area contributed by atoms with Crippen LogP contribution in [0, 0.1) is 22.7 Å². The Hall–Kier alpha value is -2.41. The SMILES string of the molecule is COc1ccc(CNC(=O)C[C@@H]2[C@H](O)CCC3[C@]4(C)CO[C@@H](Cc5ccccc5)O[C@@H]4CC[C@]32C)cc1. The number of hydrogen-bond acceptors (Lipinski definition) is 5. The van der Waals surface area contributed by atoms with Crippen LogP contribution in [0.15, 0.2) is 54.6 Å². The second-order valence-corrected chi connectivity index (χ2v) is 11.7. The summed E-state index contributed by atoms with van der Waals surface area (Å²) >= 11 is 0. The van der Waals surface area contributed by atoms with Gasteiger partial charge in [0, 0.05) is 24.8 Å². The van der Waals surface area contributed by atoms with Crippen LogP contribution >= 0.6 is 0 Å². The predicted octanol–water partition coefficient (Wildman–Crippen LogP) is 4.88. The monoisotopic (exact) mass is 507 g/mol. The zero-order valence-corrected chi connectivity index (χ0v) is 22.3. The highest BCUT2D eigenvalue weighted by Gasteiger charge is 2.61. The third kappa shape index (κ3) is 5.29. The molecule has 1 amide bonds. The molecule has 3 aliphatic rings. The largest absolute Gasteiger partial charge is 0.497 e. The molecule has 2 aliphatic carbocycles. The number of fused-ring (bicyclic) bond motifs is 3. The molecule has 0 radical (unpaired) electrons. The minimum Gasteiger partial charge on any atom is -0.497 e. The second-order valence-electron chi connectivity index (χ2n) is 11.7. The summed E-state index contributed by atoms with van der Waals surface area (Å²) in [5.41, 5.74) is 1.98. The number of ether oxygens (including phenoxy) is 3. The molecule has 2 saturated carbocycles. The molecule has 0 spiro atoms. The van der Waals surface area contributed by atoms with Crippen molar-refractivity contribution in [2.24, 2.45) is 22.7 Å². The maximum absolute atomic E-state index is 13.1. The lowest BCUT2D eigenvalue weighted by atomic mass is 9.46. The van der Waals surface area contributed by atoms with Gasteiger partial charge in [0.1, 0.15) is 5.75 Å². The molecule has 1 aliphatic heterocycles. The number of rotatable bonds is 7. The van der Waals surface area contributed by atoms with Gasteiger partial charge in [0.05, 0.1) is 25.9 Å². The Labute approximate surface area is 220 Å². The molecule has 1 unspecified atom stereocenters. The van der Waals surface area contributed by atoms with E-state index in [4.69, 9.17) is 14.2 Å². The molecule has 1 heterocycles. The van der Waals surface area contributed by atoms with Gasteiger partial charge in [-0.3, -0.25) is 4.79 Å². The Balaban J connectivity index is 1.24. The van der Waals surface area contributed by atoms with Crippen molar-refractivity contribution in [3.63, 3.8) is 0 Å². The van der Waals surface area contributed by atoms with E-state index in [2.05, 4.69) is 43.4 Å². The number of carbonyl (C=O) groups is 1. The number of amides is 1. The van der Waals surface area contributed by atoms with Gasteiger partial charge in [-0.25, -0.2) is 0 Å². The summed E-state index contributed by atoms with van der Waals surface area (Å²) in [6.45, 7) is 5.72. The molecule has 6 nitrogen and oxygen atoms in total. The minimum absolute atomic E-state index is 0.00640. The molecule has 7 atom stereocenters. The summed E-state index contributed by atoms with van der Waals surface area (Å²) in [5, 5.41) is 14.2. The van der Waals surface area contributed by atoms with Gasteiger partial charge in [-0.1, -0.05) is 56.3 Å². The van der Waals surface area contributed by atoms with Crippen LogP contribution in [0.25, 0.3) is 0 Å². The van der Waals surface area contributed by atoms with Crippen molar-refractivity contribution in [1.29, 1.82) is 0 Å². The van der Waals surface area contributed by atoms with Crippen molar-refractivity contribution in [3.8, 4) is 5.75 Å².